The fraction of sp³-hybridized carbons (Fsp3) is 0.667. The second kappa shape index (κ2) is 4.68. The summed E-state index contributed by atoms with van der Waals surface area (Å²) in [5.41, 5.74) is 0. The largest absolute Gasteiger partial charge is 0.474 e. The molecule has 0 aliphatic heterocycles. The molecule has 1 aliphatic carbocycles. The molecule has 1 heterocycles. The molecular formula is C12H19N3O. The summed E-state index contributed by atoms with van der Waals surface area (Å²) in [5, 5.41) is 0. The van der Waals surface area contributed by atoms with E-state index in [4.69, 9.17) is 4.74 Å². The van der Waals surface area contributed by atoms with Crippen LogP contribution in [-0.4, -0.2) is 29.2 Å². The van der Waals surface area contributed by atoms with Crippen molar-refractivity contribution in [3.8, 4) is 5.88 Å². The fourth-order valence-electron chi connectivity index (χ4n) is 1.77. The van der Waals surface area contributed by atoms with E-state index < -0.39 is 0 Å². The Morgan fingerprint density at radius 1 is 1.38 bits per heavy atom. The molecule has 1 aliphatic rings. The Morgan fingerprint density at radius 2 is 2.12 bits per heavy atom. The smallest absolute Gasteiger partial charge is 0.234 e. The minimum Gasteiger partial charge on any atom is -0.474 e. The maximum absolute atomic E-state index is 5.54. The molecule has 16 heavy (non-hydrogen) atoms. The van der Waals surface area contributed by atoms with Crippen molar-refractivity contribution in [3.63, 3.8) is 0 Å². The highest BCUT2D eigenvalue weighted by Gasteiger charge is 2.23. The molecule has 88 valence electrons. The first-order valence-corrected chi connectivity index (χ1v) is 5.88. The van der Waals surface area contributed by atoms with Crippen LogP contribution in [0.1, 0.15) is 33.1 Å². The van der Waals surface area contributed by atoms with E-state index in [0.29, 0.717) is 11.9 Å². The van der Waals surface area contributed by atoms with Gasteiger partial charge < -0.3 is 9.64 Å². The first-order chi connectivity index (χ1) is 7.66. The lowest BCUT2D eigenvalue weighted by Gasteiger charge is -2.35. The van der Waals surface area contributed by atoms with Crippen molar-refractivity contribution in [2.45, 2.75) is 45.3 Å². The number of ether oxygens (including phenoxy) is 1. The zero-order chi connectivity index (χ0) is 11.5. The molecule has 0 radical (unpaired) electrons. The van der Waals surface area contributed by atoms with Gasteiger partial charge in [-0.1, -0.05) is 0 Å². The van der Waals surface area contributed by atoms with E-state index in [2.05, 4.69) is 21.9 Å². The van der Waals surface area contributed by atoms with Crippen molar-refractivity contribution in [2.75, 3.05) is 11.9 Å². The fourth-order valence-corrected chi connectivity index (χ4v) is 1.77. The lowest BCUT2D eigenvalue weighted by molar-refractivity contribution is 0.231. The van der Waals surface area contributed by atoms with E-state index in [-0.39, 0.29) is 6.10 Å². The Hall–Kier alpha value is -1.32. The second-order valence-electron chi connectivity index (χ2n) is 4.58. The molecule has 0 spiro atoms. The maximum Gasteiger partial charge on any atom is 0.234 e. The van der Waals surface area contributed by atoms with Crippen LogP contribution in [0, 0.1) is 0 Å². The van der Waals surface area contributed by atoms with Crippen LogP contribution in [0.25, 0.3) is 0 Å². The number of anilines is 1. The van der Waals surface area contributed by atoms with Gasteiger partial charge in [0.2, 0.25) is 5.88 Å². The van der Waals surface area contributed by atoms with Gasteiger partial charge in [-0.15, -0.1) is 0 Å². The van der Waals surface area contributed by atoms with Crippen LogP contribution in [0.4, 0.5) is 5.82 Å². The van der Waals surface area contributed by atoms with Crippen molar-refractivity contribution < 1.29 is 4.74 Å². The van der Waals surface area contributed by atoms with Gasteiger partial charge in [-0.2, -0.15) is 4.98 Å². The summed E-state index contributed by atoms with van der Waals surface area (Å²) in [7, 11) is 2.08. The second-order valence-corrected chi connectivity index (χ2v) is 4.58. The third-order valence-corrected chi connectivity index (χ3v) is 2.94. The topological polar surface area (TPSA) is 38.2 Å². The average molecular weight is 221 g/mol. The number of nitrogens with zero attached hydrogens (tertiary/aromatic N) is 3. The van der Waals surface area contributed by atoms with Gasteiger partial charge in [-0.05, 0) is 33.1 Å². The highest BCUT2D eigenvalue weighted by Crippen LogP contribution is 2.27. The van der Waals surface area contributed by atoms with Gasteiger partial charge >= 0.3 is 0 Å². The minimum atomic E-state index is 0.138. The van der Waals surface area contributed by atoms with E-state index >= 15 is 0 Å². The normalized spacial score (nSPS) is 16.0. The molecule has 4 heteroatoms. The van der Waals surface area contributed by atoms with Crippen molar-refractivity contribution in [1.82, 2.24) is 9.97 Å². The highest BCUT2D eigenvalue weighted by molar-refractivity contribution is 5.38. The van der Waals surface area contributed by atoms with Crippen LogP contribution in [0.15, 0.2) is 12.4 Å². The lowest BCUT2D eigenvalue weighted by Crippen LogP contribution is -2.37. The van der Waals surface area contributed by atoms with Crippen LogP contribution >= 0.6 is 0 Å². The van der Waals surface area contributed by atoms with Gasteiger partial charge in [0.1, 0.15) is 0 Å². The van der Waals surface area contributed by atoms with Gasteiger partial charge in [-0.3, -0.25) is 4.98 Å². The van der Waals surface area contributed by atoms with Gasteiger partial charge in [0, 0.05) is 13.1 Å². The summed E-state index contributed by atoms with van der Waals surface area (Å²) in [5.74, 6) is 1.52. The summed E-state index contributed by atoms with van der Waals surface area (Å²) >= 11 is 0. The molecule has 0 unspecified atom stereocenters. The monoisotopic (exact) mass is 221 g/mol. The Morgan fingerprint density at radius 3 is 2.69 bits per heavy atom. The summed E-state index contributed by atoms with van der Waals surface area (Å²) in [6, 6.07) is 0.628. The molecule has 1 aromatic rings. The van der Waals surface area contributed by atoms with E-state index in [9.17, 15) is 0 Å². The highest BCUT2D eigenvalue weighted by atomic mass is 16.5. The molecule has 4 nitrogen and oxygen atoms in total. The van der Waals surface area contributed by atoms with Crippen LogP contribution < -0.4 is 9.64 Å². The first-order valence-electron chi connectivity index (χ1n) is 5.88. The summed E-state index contributed by atoms with van der Waals surface area (Å²) in [4.78, 5) is 10.8. The zero-order valence-corrected chi connectivity index (χ0v) is 10.2. The van der Waals surface area contributed by atoms with Gasteiger partial charge in [0.15, 0.2) is 5.82 Å². The van der Waals surface area contributed by atoms with Crippen LogP contribution in [0.3, 0.4) is 0 Å². The third kappa shape index (κ3) is 2.43. The van der Waals surface area contributed by atoms with Gasteiger partial charge in [-0.25, -0.2) is 0 Å². The Kier molecular flexibility index (Phi) is 3.27. The Labute approximate surface area is 96.7 Å². The number of hydrogen-bond donors (Lipinski definition) is 0. The molecule has 0 atom stereocenters. The van der Waals surface area contributed by atoms with Crippen molar-refractivity contribution in [1.29, 1.82) is 0 Å². The van der Waals surface area contributed by atoms with E-state index in [0.717, 1.165) is 5.82 Å². The molecule has 0 amide bonds. The zero-order valence-electron chi connectivity index (χ0n) is 10.2. The number of aromatic nitrogens is 2. The molecule has 1 aromatic heterocycles. The number of rotatable bonds is 4. The lowest BCUT2D eigenvalue weighted by atomic mass is 9.92. The Bertz CT molecular complexity index is 350. The maximum atomic E-state index is 5.54. The van der Waals surface area contributed by atoms with Crippen LogP contribution in [0.2, 0.25) is 0 Å². The molecule has 1 fully saturated rings. The van der Waals surface area contributed by atoms with Crippen LogP contribution in [0.5, 0.6) is 5.88 Å². The van der Waals surface area contributed by atoms with Crippen molar-refractivity contribution in [3.05, 3.63) is 12.4 Å². The minimum absolute atomic E-state index is 0.138. The van der Waals surface area contributed by atoms with Gasteiger partial charge in [0.25, 0.3) is 0 Å². The van der Waals surface area contributed by atoms with Crippen molar-refractivity contribution >= 4 is 5.82 Å². The molecule has 0 aromatic carbocycles. The van der Waals surface area contributed by atoms with Gasteiger partial charge in [0.05, 0.1) is 18.5 Å². The molecule has 2 rings (SSSR count). The predicted octanol–water partition coefficient (Wildman–Crippen LogP) is 2.25. The van der Waals surface area contributed by atoms with E-state index in [1.807, 2.05) is 13.8 Å². The first kappa shape index (κ1) is 11.2. The summed E-state index contributed by atoms with van der Waals surface area (Å²) < 4.78 is 5.54. The van der Waals surface area contributed by atoms with E-state index in [1.54, 1.807) is 12.4 Å². The third-order valence-electron chi connectivity index (χ3n) is 2.94. The number of hydrogen-bond acceptors (Lipinski definition) is 4. The predicted molar refractivity (Wildman–Crippen MR) is 63.8 cm³/mol. The molecule has 1 saturated carbocycles. The molecule has 0 N–H and O–H groups in total. The molecular weight excluding hydrogens is 202 g/mol. The average Bonchev–Trinajstić information content (AvgIpc) is 2.14. The summed E-state index contributed by atoms with van der Waals surface area (Å²) in [6.07, 6.45) is 7.44. The SMILES string of the molecule is CC(C)Oc1cncc(N(C)C2CCC2)n1. The quantitative estimate of drug-likeness (QED) is 0.781. The van der Waals surface area contributed by atoms with Crippen molar-refractivity contribution in [2.24, 2.45) is 0 Å². The Balaban J connectivity index is 2.08. The standard InChI is InChI=1S/C12H19N3O/c1-9(2)16-12-8-13-7-11(14-12)15(3)10-5-4-6-10/h7-10H,4-6H2,1-3H3. The molecule has 0 bridgehead atoms. The molecule has 0 saturated heterocycles. The van der Waals surface area contributed by atoms with Crippen LogP contribution in [-0.2, 0) is 0 Å². The van der Waals surface area contributed by atoms with E-state index in [1.165, 1.54) is 19.3 Å². The summed E-state index contributed by atoms with van der Waals surface area (Å²) in [6.45, 7) is 3.98.